The van der Waals surface area contributed by atoms with Gasteiger partial charge in [0, 0.05) is 5.38 Å². The number of aromatic nitrogens is 1. The highest BCUT2D eigenvalue weighted by Crippen LogP contribution is 2.33. The predicted molar refractivity (Wildman–Crippen MR) is 66.9 cm³/mol. The number of piperazine rings is 1. The fourth-order valence-corrected chi connectivity index (χ4v) is 3.41. The summed E-state index contributed by atoms with van der Waals surface area (Å²) in [6.07, 6.45) is 3.56. The van der Waals surface area contributed by atoms with Crippen LogP contribution in [0, 0.1) is 0 Å². The van der Waals surface area contributed by atoms with Crippen LogP contribution >= 0.6 is 11.3 Å². The fourth-order valence-electron chi connectivity index (χ4n) is 2.86. The maximum absolute atomic E-state index is 12.5. The molecule has 1 aliphatic heterocycles. The lowest BCUT2D eigenvalue weighted by Gasteiger charge is -2.39. The molecular formula is C12H15N3O2S. The maximum atomic E-state index is 12.5. The average molecular weight is 265 g/mol. The Morgan fingerprint density at radius 2 is 2.17 bits per heavy atom. The molecule has 0 atom stereocenters. The Bertz CT molecular complexity index is 466. The molecule has 0 radical (unpaired) electrons. The molecule has 1 saturated carbocycles. The molecule has 2 amide bonds. The topological polar surface area (TPSA) is 62.3 Å². The van der Waals surface area contributed by atoms with E-state index in [0.29, 0.717) is 6.54 Å². The van der Waals surface area contributed by atoms with Gasteiger partial charge in [0.05, 0.1) is 17.7 Å². The molecular weight excluding hydrogens is 250 g/mol. The Hall–Kier alpha value is -1.43. The number of amides is 2. The minimum absolute atomic E-state index is 0.0493. The van der Waals surface area contributed by atoms with Crippen LogP contribution in [0.1, 0.15) is 31.4 Å². The van der Waals surface area contributed by atoms with E-state index in [1.165, 1.54) is 11.3 Å². The van der Waals surface area contributed by atoms with Crippen molar-refractivity contribution in [2.75, 3.05) is 6.54 Å². The second-order valence-corrected chi connectivity index (χ2v) is 5.70. The Balaban J connectivity index is 1.81. The zero-order valence-corrected chi connectivity index (χ0v) is 10.8. The molecule has 2 aliphatic rings. The summed E-state index contributed by atoms with van der Waals surface area (Å²) in [5.74, 6) is 0.0133. The lowest BCUT2D eigenvalue weighted by molar-refractivity contribution is -0.150. The van der Waals surface area contributed by atoms with Crippen molar-refractivity contribution in [3.8, 4) is 0 Å². The van der Waals surface area contributed by atoms with Crippen molar-refractivity contribution in [3.05, 3.63) is 16.6 Å². The van der Waals surface area contributed by atoms with Gasteiger partial charge in [0.2, 0.25) is 11.8 Å². The monoisotopic (exact) mass is 265 g/mol. The number of thiazole rings is 1. The van der Waals surface area contributed by atoms with E-state index < -0.39 is 5.54 Å². The third-order valence-corrected chi connectivity index (χ3v) is 4.34. The van der Waals surface area contributed by atoms with Crippen LogP contribution in [0.15, 0.2) is 10.9 Å². The number of nitrogens with zero attached hydrogens (tertiary/aromatic N) is 2. The van der Waals surface area contributed by atoms with E-state index >= 15 is 0 Å². The van der Waals surface area contributed by atoms with Crippen molar-refractivity contribution in [2.45, 2.75) is 37.8 Å². The van der Waals surface area contributed by atoms with Gasteiger partial charge in [0.25, 0.3) is 0 Å². The molecule has 1 aromatic rings. The van der Waals surface area contributed by atoms with E-state index in [1.807, 2.05) is 5.38 Å². The van der Waals surface area contributed by atoms with Crippen LogP contribution in [-0.4, -0.2) is 33.8 Å². The van der Waals surface area contributed by atoms with E-state index in [9.17, 15) is 9.59 Å². The molecule has 1 N–H and O–H groups in total. The number of hydrogen-bond donors (Lipinski definition) is 1. The van der Waals surface area contributed by atoms with Crippen molar-refractivity contribution in [2.24, 2.45) is 0 Å². The van der Waals surface area contributed by atoms with Crippen LogP contribution in [0.5, 0.6) is 0 Å². The highest BCUT2D eigenvalue weighted by molar-refractivity contribution is 7.07. The second kappa shape index (κ2) is 4.35. The summed E-state index contributed by atoms with van der Waals surface area (Å²) in [5, 5.41) is 4.82. The van der Waals surface area contributed by atoms with E-state index in [-0.39, 0.29) is 18.4 Å². The lowest BCUT2D eigenvalue weighted by Crippen LogP contribution is -2.65. The maximum Gasteiger partial charge on any atom is 0.249 e. The first-order valence-corrected chi connectivity index (χ1v) is 7.11. The molecule has 18 heavy (non-hydrogen) atoms. The number of rotatable bonds is 2. The molecule has 0 aromatic carbocycles. The third kappa shape index (κ3) is 1.90. The van der Waals surface area contributed by atoms with Gasteiger partial charge in [-0.1, -0.05) is 12.8 Å². The Labute approximate surface area is 109 Å². The van der Waals surface area contributed by atoms with Crippen molar-refractivity contribution in [3.63, 3.8) is 0 Å². The molecule has 1 aromatic heterocycles. The normalized spacial score (nSPS) is 22.6. The quantitative estimate of drug-likeness (QED) is 0.864. The SMILES string of the molecule is O=C1CN(Cc2cscn2)C(=O)C2(CCCC2)N1. The van der Waals surface area contributed by atoms with E-state index in [2.05, 4.69) is 10.3 Å². The molecule has 2 fully saturated rings. The van der Waals surface area contributed by atoms with Gasteiger partial charge >= 0.3 is 0 Å². The predicted octanol–water partition coefficient (Wildman–Crippen LogP) is 0.914. The summed E-state index contributed by atoms with van der Waals surface area (Å²) in [6.45, 7) is 0.593. The molecule has 1 aliphatic carbocycles. The van der Waals surface area contributed by atoms with Gasteiger partial charge in [0.1, 0.15) is 12.1 Å². The van der Waals surface area contributed by atoms with Crippen LogP contribution in [0.4, 0.5) is 0 Å². The van der Waals surface area contributed by atoms with Crippen molar-refractivity contribution >= 4 is 23.2 Å². The first kappa shape index (κ1) is 11.6. The van der Waals surface area contributed by atoms with E-state index in [1.54, 1.807) is 10.4 Å². The van der Waals surface area contributed by atoms with Crippen LogP contribution in [0.2, 0.25) is 0 Å². The third-order valence-electron chi connectivity index (χ3n) is 3.70. The molecule has 1 spiro atoms. The fraction of sp³-hybridized carbons (Fsp3) is 0.583. The van der Waals surface area contributed by atoms with E-state index in [0.717, 1.165) is 31.4 Å². The van der Waals surface area contributed by atoms with Crippen molar-refractivity contribution < 1.29 is 9.59 Å². The van der Waals surface area contributed by atoms with Gasteiger partial charge in [0.15, 0.2) is 0 Å². The van der Waals surface area contributed by atoms with Gasteiger partial charge in [-0.3, -0.25) is 9.59 Å². The zero-order valence-electron chi connectivity index (χ0n) is 10.0. The zero-order chi connectivity index (χ0) is 12.6. The summed E-state index contributed by atoms with van der Waals surface area (Å²) >= 11 is 1.50. The molecule has 96 valence electrons. The van der Waals surface area contributed by atoms with Gasteiger partial charge in [-0.05, 0) is 12.8 Å². The summed E-state index contributed by atoms with van der Waals surface area (Å²) in [7, 11) is 0. The second-order valence-electron chi connectivity index (χ2n) is 4.98. The van der Waals surface area contributed by atoms with Crippen LogP contribution in [0.25, 0.3) is 0 Å². The molecule has 3 rings (SSSR count). The molecule has 0 bridgehead atoms. The largest absolute Gasteiger partial charge is 0.340 e. The van der Waals surface area contributed by atoms with Crippen LogP contribution < -0.4 is 5.32 Å². The smallest absolute Gasteiger partial charge is 0.249 e. The summed E-state index contributed by atoms with van der Waals surface area (Å²) < 4.78 is 0. The van der Waals surface area contributed by atoms with Crippen LogP contribution in [-0.2, 0) is 16.1 Å². The first-order valence-electron chi connectivity index (χ1n) is 6.17. The number of carbonyl (C=O) groups excluding carboxylic acids is 2. The highest BCUT2D eigenvalue weighted by atomic mass is 32.1. The summed E-state index contributed by atoms with van der Waals surface area (Å²) in [5.41, 5.74) is 1.98. The Morgan fingerprint density at radius 1 is 1.39 bits per heavy atom. The summed E-state index contributed by atoms with van der Waals surface area (Å²) in [6, 6.07) is 0. The minimum atomic E-state index is -0.620. The molecule has 6 heteroatoms. The molecule has 0 unspecified atom stereocenters. The van der Waals surface area contributed by atoms with E-state index in [4.69, 9.17) is 0 Å². The highest BCUT2D eigenvalue weighted by Gasteiger charge is 2.48. The van der Waals surface area contributed by atoms with Gasteiger partial charge in [-0.15, -0.1) is 11.3 Å². The van der Waals surface area contributed by atoms with Crippen LogP contribution in [0.3, 0.4) is 0 Å². The average Bonchev–Trinajstić information content (AvgIpc) is 2.97. The van der Waals surface area contributed by atoms with Gasteiger partial charge in [-0.25, -0.2) is 4.98 Å². The lowest BCUT2D eigenvalue weighted by atomic mass is 9.93. The first-order chi connectivity index (χ1) is 8.70. The van der Waals surface area contributed by atoms with Gasteiger partial charge < -0.3 is 10.2 Å². The molecule has 1 saturated heterocycles. The minimum Gasteiger partial charge on any atom is -0.340 e. The van der Waals surface area contributed by atoms with Crippen molar-refractivity contribution in [1.29, 1.82) is 0 Å². The standard InChI is InChI=1S/C12H15N3O2S/c16-10-6-15(5-9-7-18-8-13-9)11(17)12(14-10)3-1-2-4-12/h7-8H,1-6H2,(H,14,16). The molecule has 5 nitrogen and oxygen atoms in total. The Kier molecular flexibility index (Phi) is 2.81. The number of hydrogen-bond acceptors (Lipinski definition) is 4. The molecule has 2 heterocycles. The number of carbonyl (C=O) groups is 2. The van der Waals surface area contributed by atoms with Gasteiger partial charge in [-0.2, -0.15) is 0 Å². The Morgan fingerprint density at radius 3 is 2.83 bits per heavy atom. The van der Waals surface area contributed by atoms with Crippen molar-refractivity contribution in [1.82, 2.24) is 15.2 Å². The summed E-state index contributed by atoms with van der Waals surface area (Å²) in [4.78, 5) is 30.1. The number of nitrogens with one attached hydrogen (secondary N) is 1.